The summed E-state index contributed by atoms with van der Waals surface area (Å²) in [5.74, 6) is -1.28. The van der Waals surface area contributed by atoms with Crippen molar-refractivity contribution in [3.8, 4) is 0 Å². The Labute approximate surface area is 117 Å². The number of guanidine groups is 1. The van der Waals surface area contributed by atoms with E-state index >= 15 is 0 Å². The van der Waals surface area contributed by atoms with Gasteiger partial charge in [-0.3, -0.25) is 4.99 Å². The second kappa shape index (κ2) is 6.65. The standard InChI is InChI=1S/C13H24F3N3O/c1-3-9(2)19-11(17)18-8-12(20)6-4-5-10(7-12)13(14,15)16/h9-10,20H,3-8H2,1-2H3,(H3,17,18,19). The monoisotopic (exact) mass is 295 g/mol. The van der Waals surface area contributed by atoms with Crippen LogP contribution in [0, 0.1) is 5.92 Å². The van der Waals surface area contributed by atoms with Gasteiger partial charge >= 0.3 is 6.18 Å². The predicted octanol–water partition coefficient (Wildman–Crippen LogP) is 2.17. The van der Waals surface area contributed by atoms with Gasteiger partial charge in [0, 0.05) is 6.04 Å². The second-order valence-electron chi connectivity index (χ2n) is 5.71. The number of aliphatic hydroxyl groups is 1. The molecule has 3 atom stereocenters. The van der Waals surface area contributed by atoms with Crippen LogP contribution >= 0.6 is 0 Å². The smallest absolute Gasteiger partial charge is 0.388 e. The minimum absolute atomic E-state index is 0.0795. The van der Waals surface area contributed by atoms with Crippen LogP contribution in [0.2, 0.25) is 0 Å². The molecule has 1 saturated carbocycles. The first kappa shape index (κ1) is 17.1. The maximum absolute atomic E-state index is 12.7. The summed E-state index contributed by atoms with van der Waals surface area (Å²) < 4.78 is 38.2. The van der Waals surface area contributed by atoms with Gasteiger partial charge in [-0.05, 0) is 39.0 Å². The number of hydrogen-bond acceptors (Lipinski definition) is 2. The summed E-state index contributed by atoms with van der Waals surface area (Å²) in [6.07, 6.45) is -2.92. The quantitative estimate of drug-likeness (QED) is 0.550. The van der Waals surface area contributed by atoms with Crippen LogP contribution in [0.1, 0.15) is 46.0 Å². The van der Waals surface area contributed by atoms with E-state index in [0.29, 0.717) is 12.8 Å². The Hall–Kier alpha value is -0.980. The minimum atomic E-state index is -4.25. The van der Waals surface area contributed by atoms with Crippen LogP contribution < -0.4 is 11.1 Å². The van der Waals surface area contributed by atoms with Crippen molar-refractivity contribution in [2.45, 2.75) is 63.8 Å². The van der Waals surface area contributed by atoms with E-state index in [4.69, 9.17) is 5.73 Å². The maximum atomic E-state index is 12.7. The van der Waals surface area contributed by atoms with Gasteiger partial charge in [0.05, 0.1) is 18.1 Å². The highest BCUT2D eigenvalue weighted by atomic mass is 19.4. The molecule has 0 radical (unpaired) electrons. The van der Waals surface area contributed by atoms with Crippen LogP contribution in [0.15, 0.2) is 4.99 Å². The lowest BCUT2D eigenvalue weighted by molar-refractivity contribution is -0.199. The molecule has 0 aromatic rings. The molecule has 0 aromatic heterocycles. The molecule has 118 valence electrons. The van der Waals surface area contributed by atoms with Crippen molar-refractivity contribution in [1.29, 1.82) is 0 Å². The van der Waals surface area contributed by atoms with Gasteiger partial charge in [-0.2, -0.15) is 13.2 Å². The summed E-state index contributed by atoms with van der Waals surface area (Å²) in [4.78, 5) is 3.99. The van der Waals surface area contributed by atoms with Gasteiger partial charge in [0.2, 0.25) is 0 Å². The number of nitrogens with zero attached hydrogens (tertiary/aromatic N) is 1. The first-order valence-electron chi connectivity index (χ1n) is 7.02. The van der Waals surface area contributed by atoms with Crippen LogP contribution in [0.25, 0.3) is 0 Å². The third kappa shape index (κ3) is 5.19. The van der Waals surface area contributed by atoms with E-state index in [2.05, 4.69) is 10.3 Å². The Balaban J connectivity index is 2.59. The first-order chi connectivity index (χ1) is 9.16. The van der Waals surface area contributed by atoms with Crippen molar-refractivity contribution in [3.05, 3.63) is 0 Å². The van der Waals surface area contributed by atoms with E-state index in [1.807, 2.05) is 13.8 Å². The lowest BCUT2D eigenvalue weighted by Gasteiger charge is -2.36. The third-order valence-corrected chi connectivity index (χ3v) is 3.83. The zero-order valence-corrected chi connectivity index (χ0v) is 12.0. The molecule has 0 aliphatic heterocycles. The van der Waals surface area contributed by atoms with Crippen molar-refractivity contribution >= 4 is 5.96 Å². The SMILES string of the molecule is CCC(C)NC(N)=NCC1(O)CCCC(C(F)(F)F)C1. The normalized spacial score (nSPS) is 30.1. The van der Waals surface area contributed by atoms with Crippen LogP contribution in [0.4, 0.5) is 13.2 Å². The van der Waals surface area contributed by atoms with Gasteiger partial charge in [0.1, 0.15) is 0 Å². The molecule has 0 spiro atoms. The Morgan fingerprint density at radius 3 is 2.75 bits per heavy atom. The van der Waals surface area contributed by atoms with E-state index in [0.717, 1.165) is 6.42 Å². The van der Waals surface area contributed by atoms with Gasteiger partial charge in [-0.1, -0.05) is 6.92 Å². The number of nitrogens with one attached hydrogen (secondary N) is 1. The molecule has 1 fully saturated rings. The van der Waals surface area contributed by atoms with Crippen molar-refractivity contribution in [2.75, 3.05) is 6.54 Å². The average molecular weight is 295 g/mol. The summed E-state index contributed by atoms with van der Waals surface area (Å²) in [5, 5.41) is 13.2. The number of hydrogen-bond donors (Lipinski definition) is 3. The molecule has 0 heterocycles. The zero-order valence-electron chi connectivity index (χ0n) is 12.0. The molecule has 4 nitrogen and oxygen atoms in total. The van der Waals surface area contributed by atoms with E-state index in [1.54, 1.807) is 0 Å². The highest BCUT2D eigenvalue weighted by Crippen LogP contribution is 2.41. The van der Waals surface area contributed by atoms with Crippen LogP contribution in [0.5, 0.6) is 0 Å². The summed E-state index contributed by atoms with van der Waals surface area (Å²) in [5.41, 5.74) is 4.25. The Morgan fingerprint density at radius 2 is 2.20 bits per heavy atom. The summed E-state index contributed by atoms with van der Waals surface area (Å²) in [7, 11) is 0. The Kier molecular flexibility index (Phi) is 5.68. The topological polar surface area (TPSA) is 70.6 Å². The molecule has 3 unspecified atom stereocenters. The van der Waals surface area contributed by atoms with Gasteiger partial charge in [0.25, 0.3) is 0 Å². The highest BCUT2D eigenvalue weighted by molar-refractivity contribution is 5.78. The Bertz CT molecular complexity index is 346. The summed E-state index contributed by atoms with van der Waals surface area (Å²) in [6, 6.07) is 0.141. The molecular formula is C13H24F3N3O. The van der Waals surface area contributed by atoms with Crippen LogP contribution in [-0.4, -0.2) is 35.4 Å². The second-order valence-corrected chi connectivity index (χ2v) is 5.71. The van der Waals surface area contributed by atoms with E-state index < -0.39 is 17.7 Å². The molecule has 4 N–H and O–H groups in total. The van der Waals surface area contributed by atoms with Crippen molar-refractivity contribution in [1.82, 2.24) is 5.32 Å². The molecule has 20 heavy (non-hydrogen) atoms. The summed E-state index contributed by atoms with van der Waals surface area (Å²) in [6.45, 7) is 3.82. The minimum Gasteiger partial charge on any atom is -0.388 e. The van der Waals surface area contributed by atoms with Gasteiger partial charge < -0.3 is 16.2 Å². The zero-order chi connectivity index (χ0) is 15.4. The highest BCUT2D eigenvalue weighted by Gasteiger charge is 2.46. The predicted molar refractivity (Wildman–Crippen MR) is 72.3 cm³/mol. The van der Waals surface area contributed by atoms with Crippen LogP contribution in [0.3, 0.4) is 0 Å². The first-order valence-corrected chi connectivity index (χ1v) is 7.02. The largest absolute Gasteiger partial charge is 0.391 e. The average Bonchev–Trinajstić information content (AvgIpc) is 2.35. The third-order valence-electron chi connectivity index (χ3n) is 3.83. The molecular weight excluding hydrogens is 271 g/mol. The fraction of sp³-hybridized carbons (Fsp3) is 0.923. The Morgan fingerprint density at radius 1 is 1.55 bits per heavy atom. The number of alkyl halides is 3. The molecule has 0 saturated heterocycles. The molecule has 7 heteroatoms. The number of aliphatic imine (C=N–C) groups is 1. The van der Waals surface area contributed by atoms with Gasteiger partial charge in [-0.25, -0.2) is 0 Å². The summed E-state index contributed by atoms with van der Waals surface area (Å²) >= 11 is 0. The molecule has 1 aliphatic rings. The van der Waals surface area contributed by atoms with Crippen molar-refractivity contribution < 1.29 is 18.3 Å². The molecule has 1 aliphatic carbocycles. The fourth-order valence-corrected chi connectivity index (χ4v) is 2.40. The van der Waals surface area contributed by atoms with Gasteiger partial charge in [0.15, 0.2) is 5.96 Å². The fourth-order valence-electron chi connectivity index (χ4n) is 2.40. The molecule has 0 bridgehead atoms. The lowest BCUT2D eigenvalue weighted by Crippen LogP contribution is -2.44. The molecule has 1 rings (SSSR count). The van der Waals surface area contributed by atoms with E-state index in [9.17, 15) is 18.3 Å². The van der Waals surface area contributed by atoms with E-state index in [-0.39, 0.29) is 31.4 Å². The van der Waals surface area contributed by atoms with Gasteiger partial charge in [-0.15, -0.1) is 0 Å². The molecule has 0 amide bonds. The molecule has 0 aromatic carbocycles. The maximum Gasteiger partial charge on any atom is 0.391 e. The lowest BCUT2D eigenvalue weighted by atomic mass is 9.78. The van der Waals surface area contributed by atoms with E-state index in [1.165, 1.54) is 0 Å². The number of rotatable bonds is 4. The number of nitrogens with two attached hydrogens (primary N) is 1. The van der Waals surface area contributed by atoms with Crippen LogP contribution in [-0.2, 0) is 0 Å². The van der Waals surface area contributed by atoms with Crippen molar-refractivity contribution in [2.24, 2.45) is 16.6 Å². The van der Waals surface area contributed by atoms with Crippen molar-refractivity contribution in [3.63, 3.8) is 0 Å². The number of halogens is 3.